The highest BCUT2D eigenvalue weighted by molar-refractivity contribution is 7.98. The van der Waals surface area contributed by atoms with E-state index in [1.165, 1.54) is 30.3 Å². The lowest BCUT2D eigenvalue weighted by Gasteiger charge is -2.25. The zero-order valence-corrected chi connectivity index (χ0v) is 18.4. The van der Waals surface area contributed by atoms with Crippen molar-refractivity contribution in [3.63, 3.8) is 0 Å². The molecule has 0 saturated heterocycles. The van der Waals surface area contributed by atoms with Crippen LogP contribution in [0.4, 0.5) is 8.78 Å². The van der Waals surface area contributed by atoms with Crippen LogP contribution in [0.5, 0.6) is 11.5 Å². The summed E-state index contributed by atoms with van der Waals surface area (Å²) in [6, 6.07) is 9.52. The Morgan fingerprint density at radius 3 is 2.16 bits per heavy atom. The normalized spacial score (nSPS) is 14.6. The first kappa shape index (κ1) is 21.6. The molecule has 0 radical (unpaired) electrons. The van der Waals surface area contributed by atoms with Crippen molar-refractivity contribution < 1.29 is 18.3 Å². The summed E-state index contributed by atoms with van der Waals surface area (Å²) in [7, 11) is 3.23. The van der Waals surface area contributed by atoms with E-state index in [1.807, 2.05) is 18.2 Å². The highest BCUT2D eigenvalue weighted by Crippen LogP contribution is 2.38. The molecule has 1 aliphatic rings. The van der Waals surface area contributed by atoms with Gasteiger partial charge in [-0.25, -0.2) is 8.78 Å². The number of nitrogens with zero attached hydrogens (tertiary/aromatic N) is 3. The minimum absolute atomic E-state index is 0.280. The zero-order chi connectivity index (χ0) is 21.8. The molecule has 31 heavy (non-hydrogen) atoms. The minimum Gasteiger partial charge on any atom is -0.497 e. The molecule has 0 bridgehead atoms. The molecule has 0 unspecified atom stereocenters. The molecule has 5 nitrogen and oxygen atoms in total. The lowest BCUT2D eigenvalue weighted by Crippen LogP contribution is -2.15. The molecule has 1 aromatic heterocycles. The van der Waals surface area contributed by atoms with E-state index in [0.29, 0.717) is 22.8 Å². The molecular formula is C23H25F2N3O2S. The molecule has 2 aromatic carbocycles. The van der Waals surface area contributed by atoms with Gasteiger partial charge in [0.1, 0.15) is 23.1 Å². The third kappa shape index (κ3) is 5.01. The van der Waals surface area contributed by atoms with Gasteiger partial charge in [0.25, 0.3) is 0 Å². The van der Waals surface area contributed by atoms with Crippen LogP contribution in [-0.4, -0.2) is 29.0 Å². The van der Waals surface area contributed by atoms with Gasteiger partial charge in [0.15, 0.2) is 11.0 Å². The molecule has 0 N–H and O–H groups in total. The first-order valence-corrected chi connectivity index (χ1v) is 11.3. The fourth-order valence-corrected chi connectivity index (χ4v) is 4.95. The molecule has 0 aliphatic heterocycles. The van der Waals surface area contributed by atoms with Crippen molar-refractivity contribution in [2.75, 3.05) is 14.2 Å². The van der Waals surface area contributed by atoms with Crippen molar-refractivity contribution in [2.45, 2.75) is 49.1 Å². The van der Waals surface area contributed by atoms with E-state index in [4.69, 9.17) is 9.47 Å². The zero-order valence-electron chi connectivity index (χ0n) is 17.6. The van der Waals surface area contributed by atoms with Gasteiger partial charge in [0.2, 0.25) is 0 Å². The van der Waals surface area contributed by atoms with E-state index in [-0.39, 0.29) is 6.04 Å². The third-order valence-corrected chi connectivity index (χ3v) is 6.52. The van der Waals surface area contributed by atoms with Gasteiger partial charge < -0.3 is 9.47 Å². The van der Waals surface area contributed by atoms with Crippen LogP contribution in [-0.2, 0) is 5.75 Å². The number of thioether (sulfide) groups is 1. The fraction of sp³-hybridized carbons (Fsp3) is 0.391. The monoisotopic (exact) mass is 445 g/mol. The quantitative estimate of drug-likeness (QED) is 0.415. The highest BCUT2D eigenvalue weighted by atomic mass is 32.2. The van der Waals surface area contributed by atoms with Gasteiger partial charge in [-0.15, -0.1) is 10.2 Å². The van der Waals surface area contributed by atoms with Gasteiger partial charge in [-0.05, 0) is 42.7 Å². The molecule has 1 aliphatic carbocycles. The predicted molar refractivity (Wildman–Crippen MR) is 117 cm³/mol. The first-order chi connectivity index (χ1) is 15.1. The second kappa shape index (κ2) is 9.68. The Bertz CT molecular complexity index is 1010. The number of hydrogen-bond acceptors (Lipinski definition) is 5. The molecule has 0 amide bonds. The standard InChI is InChI=1S/C23H25F2N3O2S/c1-29-20-10-16(11-21(13-20)30-2)22-26-27-23(28(22)19-6-4-3-5-7-19)31-14-15-8-17(24)12-18(25)9-15/h8-13,19H,3-7,14H2,1-2H3. The second-order valence-corrected chi connectivity index (χ2v) is 8.58. The van der Waals surface area contributed by atoms with E-state index < -0.39 is 11.6 Å². The van der Waals surface area contributed by atoms with Gasteiger partial charge in [-0.3, -0.25) is 4.57 Å². The Balaban J connectivity index is 1.70. The van der Waals surface area contributed by atoms with Crippen molar-refractivity contribution in [3.8, 4) is 22.9 Å². The summed E-state index contributed by atoms with van der Waals surface area (Å²) in [5.74, 6) is 1.36. The summed E-state index contributed by atoms with van der Waals surface area (Å²) >= 11 is 1.44. The number of benzene rings is 2. The predicted octanol–water partition coefficient (Wildman–Crippen LogP) is 6.04. The maximum absolute atomic E-state index is 13.6. The van der Waals surface area contributed by atoms with Gasteiger partial charge in [-0.1, -0.05) is 31.0 Å². The van der Waals surface area contributed by atoms with Crippen LogP contribution >= 0.6 is 11.8 Å². The molecule has 0 atom stereocenters. The average molecular weight is 446 g/mol. The van der Waals surface area contributed by atoms with Crippen LogP contribution in [0.15, 0.2) is 41.6 Å². The summed E-state index contributed by atoms with van der Waals surface area (Å²) in [6.07, 6.45) is 5.64. The molecule has 1 fully saturated rings. The number of halogens is 2. The summed E-state index contributed by atoms with van der Waals surface area (Å²) in [4.78, 5) is 0. The van der Waals surface area contributed by atoms with Crippen molar-refractivity contribution in [2.24, 2.45) is 0 Å². The molecular weight excluding hydrogens is 420 g/mol. The SMILES string of the molecule is COc1cc(OC)cc(-c2nnc(SCc3cc(F)cc(F)c3)n2C2CCCCC2)c1. The van der Waals surface area contributed by atoms with Crippen LogP contribution in [0.25, 0.3) is 11.4 Å². The van der Waals surface area contributed by atoms with Crippen LogP contribution < -0.4 is 9.47 Å². The first-order valence-electron chi connectivity index (χ1n) is 10.3. The summed E-state index contributed by atoms with van der Waals surface area (Å²) in [6.45, 7) is 0. The Hall–Kier alpha value is -2.61. The van der Waals surface area contributed by atoms with E-state index in [1.54, 1.807) is 14.2 Å². The van der Waals surface area contributed by atoms with Crippen LogP contribution in [0.3, 0.4) is 0 Å². The molecule has 164 valence electrons. The van der Waals surface area contributed by atoms with Gasteiger partial charge in [0, 0.05) is 29.5 Å². The van der Waals surface area contributed by atoms with E-state index in [9.17, 15) is 8.78 Å². The number of ether oxygens (including phenoxy) is 2. The topological polar surface area (TPSA) is 49.2 Å². The number of methoxy groups -OCH3 is 2. The van der Waals surface area contributed by atoms with Gasteiger partial charge >= 0.3 is 0 Å². The lowest BCUT2D eigenvalue weighted by atomic mass is 9.95. The van der Waals surface area contributed by atoms with Crippen LogP contribution in [0.1, 0.15) is 43.7 Å². The van der Waals surface area contributed by atoms with Crippen LogP contribution in [0.2, 0.25) is 0 Å². The molecule has 1 heterocycles. The van der Waals surface area contributed by atoms with E-state index >= 15 is 0 Å². The second-order valence-electron chi connectivity index (χ2n) is 7.64. The van der Waals surface area contributed by atoms with Crippen molar-refractivity contribution in [1.29, 1.82) is 0 Å². The summed E-state index contributed by atoms with van der Waals surface area (Å²) in [5, 5.41) is 9.68. The maximum atomic E-state index is 13.6. The Labute approximate surface area is 184 Å². The van der Waals surface area contributed by atoms with Gasteiger partial charge in [-0.2, -0.15) is 0 Å². The van der Waals surface area contributed by atoms with E-state index in [2.05, 4.69) is 14.8 Å². The molecule has 1 saturated carbocycles. The largest absolute Gasteiger partial charge is 0.497 e. The van der Waals surface area contributed by atoms with E-state index in [0.717, 1.165) is 48.3 Å². The van der Waals surface area contributed by atoms with Gasteiger partial charge in [0.05, 0.1) is 14.2 Å². The Morgan fingerprint density at radius 2 is 1.55 bits per heavy atom. The Kier molecular flexibility index (Phi) is 6.75. The third-order valence-electron chi connectivity index (χ3n) is 5.50. The Morgan fingerprint density at radius 1 is 0.903 bits per heavy atom. The summed E-state index contributed by atoms with van der Waals surface area (Å²) in [5.41, 5.74) is 1.43. The summed E-state index contributed by atoms with van der Waals surface area (Å²) < 4.78 is 40.2. The lowest BCUT2D eigenvalue weighted by molar-refractivity contribution is 0.339. The molecule has 4 rings (SSSR count). The van der Waals surface area contributed by atoms with Crippen molar-refractivity contribution in [1.82, 2.24) is 14.8 Å². The van der Waals surface area contributed by atoms with Crippen LogP contribution in [0, 0.1) is 11.6 Å². The van der Waals surface area contributed by atoms with Crippen molar-refractivity contribution in [3.05, 3.63) is 53.6 Å². The number of rotatable bonds is 7. The smallest absolute Gasteiger partial charge is 0.192 e. The molecule has 0 spiro atoms. The maximum Gasteiger partial charge on any atom is 0.192 e. The minimum atomic E-state index is -0.575. The average Bonchev–Trinajstić information content (AvgIpc) is 3.21. The molecule has 3 aromatic rings. The number of aromatic nitrogens is 3. The molecule has 8 heteroatoms. The fourth-order valence-electron chi connectivity index (χ4n) is 4.02. The number of hydrogen-bond donors (Lipinski definition) is 0. The van der Waals surface area contributed by atoms with Crippen molar-refractivity contribution >= 4 is 11.8 Å². The highest BCUT2D eigenvalue weighted by Gasteiger charge is 2.24.